The number of carbonyl (C=O) groups is 1. The molecule has 3 heteroatoms. The highest BCUT2D eigenvalue weighted by molar-refractivity contribution is 7.99. The number of nitrogens with zero attached hydrogens (tertiary/aromatic N) is 1. The van der Waals surface area contributed by atoms with Gasteiger partial charge >= 0.3 is 0 Å². The number of amides is 1. The molecule has 2 aromatic carbocycles. The molecule has 1 saturated heterocycles. The van der Waals surface area contributed by atoms with Crippen LogP contribution in [0.3, 0.4) is 0 Å². The highest BCUT2D eigenvalue weighted by Gasteiger charge is 2.20. The van der Waals surface area contributed by atoms with Crippen LogP contribution in [0.4, 0.5) is 0 Å². The van der Waals surface area contributed by atoms with Crippen LogP contribution in [0.1, 0.15) is 25.3 Å². The molecule has 0 bridgehead atoms. The Morgan fingerprint density at radius 2 is 2.05 bits per heavy atom. The molecule has 0 aromatic heterocycles. The van der Waals surface area contributed by atoms with E-state index in [-0.39, 0.29) is 0 Å². The average molecular weight is 313 g/mol. The average Bonchev–Trinajstić information content (AvgIpc) is 2.55. The largest absolute Gasteiger partial charge is 0.342 e. The van der Waals surface area contributed by atoms with Crippen molar-refractivity contribution in [1.82, 2.24) is 4.90 Å². The van der Waals surface area contributed by atoms with Crippen molar-refractivity contribution >= 4 is 28.4 Å². The van der Waals surface area contributed by atoms with E-state index < -0.39 is 0 Å². The van der Waals surface area contributed by atoms with Gasteiger partial charge in [0.05, 0.1) is 5.75 Å². The van der Waals surface area contributed by atoms with Crippen LogP contribution in [0.2, 0.25) is 0 Å². The SMILES string of the molecule is CC1CCCN(C(=O)CSCc2cccc3ccccc23)C1. The minimum absolute atomic E-state index is 0.303. The van der Waals surface area contributed by atoms with Gasteiger partial charge in [0, 0.05) is 18.8 Å². The van der Waals surface area contributed by atoms with E-state index in [0.717, 1.165) is 25.3 Å². The number of likely N-dealkylation sites (tertiary alicyclic amines) is 1. The summed E-state index contributed by atoms with van der Waals surface area (Å²) in [6, 6.07) is 14.9. The van der Waals surface area contributed by atoms with Gasteiger partial charge in [0.25, 0.3) is 0 Å². The van der Waals surface area contributed by atoms with E-state index in [9.17, 15) is 4.79 Å². The lowest BCUT2D eigenvalue weighted by Crippen LogP contribution is -2.40. The van der Waals surface area contributed by atoms with Crippen LogP contribution in [-0.4, -0.2) is 29.6 Å². The van der Waals surface area contributed by atoms with Crippen LogP contribution >= 0.6 is 11.8 Å². The smallest absolute Gasteiger partial charge is 0.232 e. The Hall–Kier alpha value is -1.48. The van der Waals surface area contributed by atoms with E-state index in [4.69, 9.17) is 0 Å². The third-order valence-electron chi connectivity index (χ3n) is 4.37. The monoisotopic (exact) mass is 313 g/mol. The first-order valence-corrected chi connectivity index (χ1v) is 9.21. The van der Waals surface area contributed by atoms with Crippen LogP contribution in [0.5, 0.6) is 0 Å². The second kappa shape index (κ2) is 7.19. The lowest BCUT2D eigenvalue weighted by Gasteiger charge is -2.30. The van der Waals surface area contributed by atoms with E-state index >= 15 is 0 Å². The predicted molar refractivity (Wildman–Crippen MR) is 95.1 cm³/mol. The van der Waals surface area contributed by atoms with Gasteiger partial charge in [-0.3, -0.25) is 4.79 Å². The summed E-state index contributed by atoms with van der Waals surface area (Å²) in [5.41, 5.74) is 1.32. The first kappa shape index (κ1) is 15.4. The van der Waals surface area contributed by atoms with Crippen LogP contribution < -0.4 is 0 Å². The second-order valence-corrected chi connectivity index (χ2v) is 7.20. The zero-order chi connectivity index (χ0) is 15.4. The quantitative estimate of drug-likeness (QED) is 0.837. The van der Waals surface area contributed by atoms with Crippen molar-refractivity contribution in [3.63, 3.8) is 0 Å². The Morgan fingerprint density at radius 1 is 1.23 bits per heavy atom. The molecule has 1 aliphatic rings. The third kappa shape index (κ3) is 3.64. The molecule has 22 heavy (non-hydrogen) atoms. The molecular weight excluding hydrogens is 290 g/mol. The maximum Gasteiger partial charge on any atom is 0.232 e. The van der Waals surface area contributed by atoms with E-state index in [1.165, 1.54) is 22.8 Å². The minimum Gasteiger partial charge on any atom is -0.342 e. The molecular formula is C19H23NOS. The Morgan fingerprint density at radius 3 is 2.91 bits per heavy atom. The van der Waals surface area contributed by atoms with E-state index in [2.05, 4.69) is 49.4 Å². The molecule has 0 radical (unpaired) electrons. The fourth-order valence-electron chi connectivity index (χ4n) is 3.17. The fraction of sp³-hybridized carbons (Fsp3) is 0.421. The molecule has 0 spiro atoms. The van der Waals surface area contributed by atoms with Gasteiger partial charge in [-0.25, -0.2) is 0 Å². The van der Waals surface area contributed by atoms with Crippen LogP contribution in [0.15, 0.2) is 42.5 Å². The Kier molecular flexibility index (Phi) is 5.04. The lowest BCUT2D eigenvalue weighted by atomic mass is 10.0. The van der Waals surface area contributed by atoms with Crippen molar-refractivity contribution in [3.05, 3.63) is 48.0 Å². The first-order valence-electron chi connectivity index (χ1n) is 8.06. The highest BCUT2D eigenvalue weighted by atomic mass is 32.2. The number of hydrogen-bond acceptors (Lipinski definition) is 2. The topological polar surface area (TPSA) is 20.3 Å². The summed E-state index contributed by atoms with van der Waals surface area (Å²) >= 11 is 1.73. The molecule has 1 amide bonds. The predicted octanol–water partition coefficient (Wildman–Crippen LogP) is 4.33. The maximum absolute atomic E-state index is 12.3. The number of benzene rings is 2. The summed E-state index contributed by atoms with van der Waals surface area (Å²) in [6.07, 6.45) is 2.41. The second-order valence-electron chi connectivity index (χ2n) is 6.22. The van der Waals surface area contributed by atoms with E-state index in [1.54, 1.807) is 11.8 Å². The number of carbonyl (C=O) groups excluding carboxylic acids is 1. The van der Waals surface area contributed by atoms with Crippen LogP contribution in [-0.2, 0) is 10.5 Å². The summed E-state index contributed by atoms with van der Waals surface area (Å²) in [5, 5.41) is 2.58. The molecule has 1 atom stereocenters. The summed E-state index contributed by atoms with van der Waals surface area (Å²) in [6.45, 7) is 4.12. The summed E-state index contributed by atoms with van der Waals surface area (Å²) in [5.74, 6) is 2.45. The van der Waals surface area contributed by atoms with Gasteiger partial charge in [0.2, 0.25) is 5.91 Å². The van der Waals surface area contributed by atoms with Gasteiger partial charge in [0.15, 0.2) is 0 Å². The Balaban J connectivity index is 1.57. The summed E-state index contributed by atoms with van der Waals surface area (Å²) < 4.78 is 0. The van der Waals surface area contributed by atoms with Crippen molar-refractivity contribution < 1.29 is 4.79 Å². The number of thioether (sulfide) groups is 1. The molecule has 2 aromatic rings. The zero-order valence-corrected chi connectivity index (χ0v) is 13.9. The number of fused-ring (bicyclic) bond motifs is 1. The molecule has 0 aliphatic carbocycles. The van der Waals surface area contributed by atoms with Gasteiger partial charge < -0.3 is 4.90 Å². The molecule has 1 unspecified atom stereocenters. The van der Waals surface area contributed by atoms with Gasteiger partial charge in [-0.05, 0) is 35.1 Å². The normalized spacial score (nSPS) is 18.6. The third-order valence-corrected chi connectivity index (χ3v) is 5.34. The summed E-state index contributed by atoms with van der Waals surface area (Å²) in [4.78, 5) is 14.3. The number of piperidine rings is 1. The standard InChI is InChI=1S/C19H23NOS/c1-15-6-5-11-20(12-15)19(21)14-22-13-17-9-4-8-16-7-2-3-10-18(16)17/h2-4,7-10,15H,5-6,11-14H2,1H3. The number of rotatable bonds is 4. The maximum atomic E-state index is 12.3. The lowest BCUT2D eigenvalue weighted by molar-refractivity contribution is -0.130. The molecule has 1 aliphatic heterocycles. The Bertz CT molecular complexity index is 649. The molecule has 3 rings (SSSR count). The van der Waals surface area contributed by atoms with E-state index in [1.807, 2.05) is 4.90 Å². The van der Waals surface area contributed by atoms with Gasteiger partial charge in [-0.1, -0.05) is 49.4 Å². The number of hydrogen-bond donors (Lipinski definition) is 0. The van der Waals surface area contributed by atoms with Crippen molar-refractivity contribution in [1.29, 1.82) is 0 Å². The molecule has 2 nitrogen and oxygen atoms in total. The molecule has 116 valence electrons. The first-order chi connectivity index (χ1) is 10.7. The van der Waals surface area contributed by atoms with E-state index in [0.29, 0.717) is 17.6 Å². The van der Waals surface area contributed by atoms with Crippen molar-refractivity contribution in [2.75, 3.05) is 18.8 Å². The highest BCUT2D eigenvalue weighted by Crippen LogP contribution is 2.23. The van der Waals surface area contributed by atoms with Gasteiger partial charge in [-0.2, -0.15) is 0 Å². The molecule has 0 N–H and O–H groups in total. The zero-order valence-electron chi connectivity index (χ0n) is 13.1. The van der Waals surface area contributed by atoms with Crippen LogP contribution in [0.25, 0.3) is 10.8 Å². The van der Waals surface area contributed by atoms with Crippen molar-refractivity contribution in [2.45, 2.75) is 25.5 Å². The Labute approximate surface area is 136 Å². The van der Waals surface area contributed by atoms with Gasteiger partial charge in [-0.15, -0.1) is 11.8 Å². The summed E-state index contributed by atoms with van der Waals surface area (Å²) in [7, 11) is 0. The fourth-order valence-corrected chi connectivity index (χ4v) is 4.10. The minimum atomic E-state index is 0.303. The molecule has 1 fully saturated rings. The van der Waals surface area contributed by atoms with Crippen molar-refractivity contribution in [2.24, 2.45) is 5.92 Å². The molecule has 1 heterocycles. The molecule has 0 saturated carbocycles. The van der Waals surface area contributed by atoms with Crippen LogP contribution in [0, 0.1) is 5.92 Å². The van der Waals surface area contributed by atoms with Gasteiger partial charge in [0.1, 0.15) is 0 Å². The van der Waals surface area contributed by atoms with Crippen molar-refractivity contribution in [3.8, 4) is 0 Å².